The summed E-state index contributed by atoms with van der Waals surface area (Å²) in [6, 6.07) is 17.9. The molecule has 2 aromatic carbocycles. The third-order valence-electron chi connectivity index (χ3n) is 3.28. The van der Waals surface area contributed by atoms with E-state index < -0.39 is 0 Å². The Morgan fingerprint density at radius 3 is 2.52 bits per heavy atom. The number of oxime groups is 1. The number of rotatable bonds is 6. The zero-order valence-electron chi connectivity index (χ0n) is 11.9. The van der Waals surface area contributed by atoms with Crippen LogP contribution in [0.5, 0.6) is 0 Å². The fourth-order valence-corrected chi connectivity index (χ4v) is 2.73. The Bertz CT molecular complexity index is 601. The monoisotopic (exact) mass is 301 g/mol. The van der Waals surface area contributed by atoms with E-state index in [1.807, 2.05) is 54.8 Å². The first-order chi connectivity index (χ1) is 10.3. The molecule has 4 N–H and O–H groups in total. The highest BCUT2D eigenvalue weighted by Gasteiger charge is 2.16. The van der Waals surface area contributed by atoms with Crippen molar-refractivity contribution in [2.45, 2.75) is 10.8 Å². The zero-order chi connectivity index (χ0) is 15.1. The lowest BCUT2D eigenvalue weighted by Crippen LogP contribution is -2.28. The molecule has 2 aromatic rings. The molecule has 0 saturated carbocycles. The van der Waals surface area contributed by atoms with Crippen LogP contribution in [-0.2, 0) is 0 Å². The number of nitrogens with zero attached hydrogens (tertiary/aromatic N) is 1. The van der Waals surface area contributed by atoms with Gasteiger partial charge in [0.15, 0.2) is 0 Å². The second-order valence-electron chi connectivity index (χ2n) is 4.57. The first kappa shape index (κ1) is 15.3. The van der Waals surface area contributed by atoms with Gasteiger partial charge in [-0.1, -0.05) is 47.6 Å². The summed E-state index contributed by atoms with van der Waals surface area (Å²) >= 11 is 1.68. The van der Waals surface area contributed by atoms with Crippen molar-refractivity contribution in [1.29, 1.82) is 0 Å². The molecule has 0 fully saturated rings. The number of thioether (sulfide) groups is 1. The van der Waals surface area contributed by atoms with Crippen molar-refractivity contribution in [3.8, 4) is 0 Å². The summed E-state index contributed by atoms with van der Waals surface area (Å²) < 4.78 is 0. The highest BCUT2D eigenvalue weighted by Crippen LogP contribution is 2.26. The summed E-state index contributed by atoms with van der Waals surface area (Å²) in [5.41, 5.74) is 7.91. The zero-order valence-corrected chi connectivity index (χ0v) is 12.7. The number of amidine groups is 1. The van der Waals surface area contributed by atoms with Crippen LogP contribution in [-0.4, -0.2) is 23.8 Å². The summed E-state index contributed by atoms with van der Waals surface area (Å²) in [6.07, 6.45) is 2.04. The second kappa shape index (κ2) is 7.59. The van der Waals surface area contributed by atoms with E-state index in [9.17, 15) is 0 Å². The van der Waals surface area contributed by atoms with Gasteiger partial charge in [-0.25, -0.2) is 0 Å². The van der Waals surface area contributed by atoms with E-state index in [1.165, 1.54) is 4.90 Å². The molecular weight excluding hydrogens is 282 g/mol. The van der Waals surface area contributed by atoms with Crippen LogP contribution in [0, 0.1) is 0 Å². The minimum atomic E-state index is -0.175. The molecule has 0 aliphatic heterocycles. The SMILES string of the molecule is CSc1ccccc1NCC(/C(N)=N/O)c1ccccc1. The van der Waals surface area contributed by atoms with Gasteiger partial charge in [0, 0.05) is 17.1 Å². The molecule has 1 atom stereocenters. The third kappa shape index (κ3) is 3.92. The molecule has 110 valence electrons. The van der Waals surface area contributed by atoms with Gasteiger partial charge in [0.05, 0.1) is 5.92 Å². The minimum absolute atomic E-state index is 0.175. The van der Waals surface area contributed by atoms with Crippen LogP contribution in [0.25, 0.3) is 0 Å². The summed E-state index contributed by atoms with van der Waals surface area (Å²) in [4.78, 5) is 1.17. The number of anilines is 1. The number of hydrogen-bond donors (Lipinski definition) is 3. The normalized spacial score (nSPS) is 12.9. The maximum atomic E-state index is 9.00. The summed E-state index contributed by atoms with van der Waals surface area (Å²) in [7, 11) is 0. The van der Waals surface area contributed by atoms with Crippen LogP contribution in [0.4, 0.5) is 5.69 Å². The van der Waals surface area contributed by atoms with Crippen LogP contribution < -0.4 is 11.1 Å². The molecule has 0 saturated heterocycles. The molecule has 0 spiro atoms. The lowest BCUT2D eigenvalue weighted by atomic mass is 9.98. The van der Waals surface area contributed by atoms with E-state index in [-0.39, 0.29) is 11.8 Å². The highest BCUT2D eigenvalue weighted by atomic mass is 32.2. The summed E-state index contributed by atoms with van der Waals surface area (Å²) in [6.45, 7) is 0.567. The van der Waals surface area contributed by atoms with Gasteiger partial charge in [0.25, 0.3) is 0 Å². The molecule has 4 nitrogen and oxygen atoms in total. The van der Waals surface area contributed by atoms with Crippen LogP contribution in [0.1, 0.15) is 11.5 Å². The molecule has 0 heterocycles. The fraction of sp³-hybridized carbons (Fsp3) is 0.188. The predicted octanol–water partition coefficient (Wildman–Crippen LogP) is 3.35. The van der Waals surface area contributed by atoms with E-state index >= 15 is 0 Å². The molecule has 0 radical (unpaired) electrons. The summed E-state index contributed by atoms with van der Waals surface area (Å²) in [5.74, 6) is 0.0291. The van der Waals surface area contributed by atoms with Crippen molar-refractivity contribution < 1.29 is 5.21 Å². The maximum Gasteiger partial charge on any atom is 0.148 e. The molecule has 0 amide bonds. The summed E-state index contributed by atoms with van der Waals surface area (Å²) in [5, 5.41) is 15.6. The van der Waals surface area contributed by atoms with E-state index in [2.05, 4.69) is 16.5 Å². The average Bonchev–Trinajstić information content (AvgIpc) is 2.56. The molecule has 1 unspecified atom stereocenters. The number of nitrogens with two attached hydrogens (primary N) is 1. The van der Waals surface area contributed by atoms with Crippen molar-refractivity contribution in [2.24, 2.45) is 10.9 Å². The van der Waals surface area contributed by atoms with Gasteiger partial charge in [-0.15, -0.1) is 11.8 Å². The average molecular weight is 301 g/mol. The largest absolute Gasteiger partial charge is 0.409 e. The van der Waals surface area contributed by atoms with Gasteiger partial charge in [-0.3, -0.25) is 0 Å². The standard InChI is InChI=1S/C16H19N3OS/c1-21-15-10-6-5-9-14(15)18-11-13(16(17)19-20)12-7-3-2-4-8-12/h2-10,13,18,20H,11H2,1H3,(H2,17,19). The Labute approximate surface area is 129 Å². The number of nitrogens with one attached hydrogen (secondary N) is 1. The van der Waals surface area contributed by atoms with Gasteiger partial charge in [0.2, 0.25) is 0 Å². The number of hydrogen-bond acceptors (Lipinski definition) is 4. The van der Waals surface area contributed by atoms with Crippen LogP contribution in [0.15, 0.2) is 64.6 Å². The lowest BCUT2D eigenvalue weighted by Gasteiger charge is -2.18. The quantitative estimate of drug-likeness (QED) is 0.251. The fourth-order valence-electron chi connectivity index (χ4n) is 2.15. The Morgan fingerprint density at radius 2 is 1.86 bits per heavy atom. The lowest BCUT2D eigenvalue weighted by molar-refractivity contribution is 0.316. The van der Waals surface area contributed by atoms with E-state index in [0.717, 1.165) is 11.3 Å². The van der Waals surface area contributed by atoms with Gasteiger partial charge in [-0.2, -0.15) is 0 Å². The van der Waals surface area contributed by atoms with Crippen LogP contribution in [0.3, 0.4) is 0 Å². The smallest absolute Gasteiger partial charge is 0.148 e. The highest BCUT2D eigenvalue weighted by molar-refractivity contribution is 7.98. The van der Waals surface area contributed by atoms with E-state index in [4.69, 9.17) is 10.9 Å². The Hall–Kier alpha value is -2.14. The molecule has 2 rings (SSSR count). The van der Waals surface area contributed by atoms with E-state index in [1.54, 1.807) is 11.8 Å². The molecule has 0 bridgehead atoms. The molecule has 0 aliphatic carbocycles. The van der Waals surface area contributed by atoms with Crippen LogP contribution in [0.2, 0.25) is 0 Å². The van der Waals surface area contributed by atoms with Crippen molar-refractivity contribution in [1.82, 2.24) is 0 Å². The van der Waals surface area contributed by atoms with E-state index in [0.29, 0.717) is 6.54 Å². The predicted molar refractivity (Wildman–Crippen MR) is 89.3 cm³/mol. The Kier molecular flexibility index (Phi) is 5.51. The van der Waals surface area contributed by atoms with Gasteiger partial charge < -0.3 is 16.3 Å². The van der Waals surface area contributed by atoms with Gasteiger partial charge in [0.1, 0.15) is 5.84 Å². The molecule has 0 aromatic heterocycles. The molecule has 0 aliphatic rings. The number of para-hydroxylation sites is 1. The first-order valence-electron chi connectivity index (χ1n) is 6.65. The van der Waals surface area contributed by atoms with Crippen molar-refractivity contribution in [2.75, 3.05) is 18.1 Å². The van der Waals surface area contributed by atoms with Crippen LogP contribution >= 0.6 is 11.8 Å². The van der Waals surface area contributed by atoms with Crippen molar-refractivity contribution >= 4 is 23.3 Å². The number of benzene rings is 2. The maximum absolute atomic E-state index is 9.00. The first-order valence-corrected chi connectivity index (χ1v) is 7.88. The minimum Gasteiger partial charge on any atom is -0.409 e. The third-order valence-corrected chi connectivity index (χ3v) is 4.07. The Balaban J connectivity index is 2.17. The molecular formula is C16H19N3OS. The Morgan fingerprint density at radius 1 is 1.19 bits per heavy atom. The van der Waals surface area contributed by atoms with Gasteiger partial charge >= 0.3 is 0 Å². The second-order valence-corrected chi connectivity index (χ2v) is 5.42. The molecule has 21 heavy (non-hydrogen) atoms. The van der Waals surface area contributed by atoms with Gasteiger partial charge in [-0.05, 0) is 24.0 Å². The van der Waals surface area contributed by atoms with Crippen molar-refractivity contribution in [3.63, 3.8) is 0 Å². The topological polar surface area (TPSA) is 70.6 Å². The molecule has 5 heteroatoms. The van der Waals surface area contributed by atoms with Crippen molar-refractivity contribution in [3.05, 3.63) is 60.2 Å².